The van der Waals surface area contributed by atoms with Crippen molar-refractivity contribution in [1.82, 2.24) is 4.57 Å². The molecule has 3 N–H and O–H groups in total. The van der Waals surface area contributed by atoms with Gasteiger partial charge in [0, 0.05) is 48.2 Å². The van der Waals surface area contributed by atoms with E-state index in [-0.39, 0.29) is 16.9 Å². The quantitative estimate of drug-likeness (QED) is 0.510. The maximum absolute atomic E-state index is 14.2. The van der Waals surface area contributed by atoms with Crippen LogP contribution >= 0.6 is 0 Å². The summed E-state index contributed by atoms with van der Waals surface area (Å²) in [6, 6.07) is 9.44. The second kappa shape index (κ2) is 8.60. The van der Waals surface area contributed by atoms with Crippen LogP contribution in [0.2, 0.25) is 0 Å². The molecule has 0 atom stereocenters. The highest BCUT2D eigenvalue weighted by Crippen LogP contribution is 2.35. The molecule has 0 saturated carbocycles. The standard InChI is InChI=1S/C21H20F2N4O3S/c1-4-31(29,30)26-14-8-9-18(25-20-16(22)6-5-7-17(20)23)15(11-14)13-10-19(24-2)21(28)27(3)12-13/h4-12,24-26H,1H2,2-3H3. The van der Waals surface area contributed by atoms with E-state index < -0.39 is 21.7 Å². The van der Waals surface area contributed by atoms with Gasteiger partial charge in [0.15, 0.2) is 0 Å². The zero-order valence-corrected chi connectivity index (χ0v) is 17.6. The number of para-hydroxylation sites is 1. The number of nitrogens with zero attached hydrogens (tertiary/aromatic N) is 1. The van der Waals surface area contributed by atoms with Gasteiger partial charge < -0.3 is 15.2 Å². The number of hydrogen-bond donors (Lipinski definition) is 3. The van der Waals surface area contributed by atoms with Gasteiger partial charge in [0.1, 0.15) is 23.0 Å². The van der Waals surface area contributed by atoms with Crippen molar-refractivity contribution >= 4 is 32.8 Å². The molecule has 0 aliphatic heterocycles. The van der Waals surface area contributed by atoms with E-state index in [2.05, 4.69) is 21.9 Å². The summed E-state index contributed by atoms with van der Waals surface area (Å²) in [5.74, 6) is -1.59. The summed E-state index contributed by atoms with van der Waals surface area (Å²) in [5, 5.41) is 6.29. The number of rotatable bonds is 7. The fourth-order valence-electron chi connectivity index (χ4n) is 2.95. The van der Waals surface area contributed by atoms with Crippen LogP contribution in [0, 0.1) is 11.6 Å². The average molecular weight is 446 g/mol. The number of aryl methyl sites for hydroxylation is 1. The van der Waals surface area contributed by atoms with Crippen LogP contribution in [0.4, 0.5) is 31.5 Å². The Labute approximate surface area is 178 Å². The van der Waals surface area contributed by atoms with Crippen LogP contribution in [-0.4, -0.2) is 20.0 Å². The number of halogens is 2. The molecule has 10 heteroatoms. The smallest absolute Gasteiger partial charge is 0.273 e. The molecule has 31 heavy (non-hydrogen) atoms. The molecule has 0 aliphatic rings. The van der Waals surface area contributed by atoms with Crippen molar-refractivity contribution < 1.29 is 17.2 Å². The van der Waals surface area contributed by atoms with Gasteiger partial charge in [-0.25, -0.2) is 17.2 Å². The largest absolute Gasteiger partial charge is 0.384 e. The van der Waals surface area contributed by atoms with Crippen molar-refractivity contribution in [3.8, 4) is 11.1 Å². The molecule has 2 aromatic carbocycles. The third kappa shape index (κ3) is 4.75. The Hall–Kier alpha value is -3.66. The number of sulfonamides is 1. The van der Waals surface area contributed by atoms with E-state index >= 15 is 0 Å². The molecule has 0 radical (unpaired) electrons. The molecule has 0 bridgehead atoms. The number of benzene rings is 2. The van der Waals surface area contributed by atoms with E-state index in [4.69, 9.17) is 0 Å². The van der Waals surface area contributed by atoms with Gasteiger partial charge in [0.05, 0.1) is 0 Å². The van der Waals surface area contributed by atoms with Gasteiger partial charge in [-0.05, 0) is 36.4 Å². The van der Waals surface area contributed by atoms with E-state index in [1.165, 1.54) is 35.0 Å². The van der Waals surface area contributed by atoms with Gasteiger partial charge in [-0.3, -0.25) is 9.52 Å². The van der Waals surface area contributed by atoms with E-state index in [1.54, 1.807) is 20.2 Å². The molecule has 0 amide bonds. The molecule has 1 aromatic heterocycles. The van der Waals surface area contributed by atoms with Crippen molar-refractivity contribution in [3.63, 3.8) is 0 Å². The highest BCUT2D eigenvalue weighted by Gasteiger charge is 2.15. The van der Waals surface area contributed by atoms with Crippen LogP contribution < -0.4 is 20.9 Å². The first kappa shape index (κ1) is 22.0. The van der Waals surface area contributed by atoms with E-state index in [9.17, 15) is 22.0 Å². The van der Waals surface area contributed by atoms with Gasteiger partial charge in [0.2, 0.25) is 0 Å². The lowest BCUT2D eigenvalue weighted by molar-refractivity contribution is 0.591. The first-order chi connectivity index (χ1) is 14.6. The molecule has 3 aromatic rings. The highest BCUT2D eigenvalue weighted by molar-refractivity contribution is 7.95. The third-order valence-electron chi connectivity index (χ3n) is 4.49. The van der Waals surface area contributed by atoms with Crippen LogP contribution in [0.3, 0.4) is 0 Å². The molecule has 1 heterocycles. The van der Waals surface area contributed by atoms with Crippen molar-refractivity contribution in [3.05, 3.63) is 82.6 Å². The number of aromatic nitrogens is 1. The second-order valence-electron chi connectivity index (χ2n) is 6.60. The minimum Gasteiger partial charge on any atom is -0.384 e. The Morgan fingerprint density at radius 3 is 2.35 bits per heavy atom. The van der Waals surface area contributed by atoms with E-state index in [0.29, 0.717) is 22.5 Å². The molecule has 0 aliphatic carbocycles. The van der Waals surface area contributed by atoms with E-state index in [0.717, 1.165) is 17.5 Å². The molecule has 3 rings (SSSR count). The number of anilines is 4. The van der Waals surface area contributed by atoms with Crippen LogP contribution in [0.15, 0.2) is 65.4 Å². The molecule has 0 fully saturated rings. The van der Waals surface area contributed by atoms with Crippen LogP contribution in [-0.2, 0) is 17.1 Å². The average Bonchev–Trinajstić information content (AvgIpc) is 2.73. The summed E-state index contributed by atoms with van der Waals surface area (Å²) in [5.41, 5.74) is 1.07. The molecule has 0 saturated heterocycles. The fraction of sp³-hybridized carbons (Fsp3) is 0.0952. The van der Waals surface area contributed by atoms with Crippen molar-refractivity contribution in [2.75, 3.05) is 22.4 Å². The zero-order valence-electron chi connectivity index (χ0n) is 16.7. The van der Waals surface area contributed by atoms with E-state index in [1.807, 2.05) is 0 Å². The van der Waals surface area contributed by atoms with Crippen LogP contribution in [0.5, 0.6) is 0 Å². The number of hydrogen-bond acceptors (Lipinski definition) is 5. The molecule has 0 unspecified atom stereocenters. The molecular formula is C21H20F2N4O3S. The van der Waals surface area contributed by atoms with Gasteiger partial charge >= 0.3 is 0 Å². The van der Waals surface area contributed by atoms with Gasteiger partial charge in [-0.1, -0.05) is 12.6 Å². The zero-order chi connectivity index (χ0) is 22.8. The lowest BCUT2D eigenvalue weighted by atomic mass is 10.0. The summed E-state index contributed by atoms with van der Waals surface area (Å²) >= 11 is 0. The van der Waals surface area contributed by atoms with Gasteiger partial charge in [0.25, 0.3) is 15.6 Å². The Kier molecular flexibility index (Phi) is 6.11. The topological polar surface area (TPSA) is 92.2 Å². The summed E-state index contributed by atoms with van der Waals surface area (Å²) in [7, 11) is -0.636. The maximum atomic E-state index is 14.2. The summed E-state index contributed by atoms with van der Waals surface area (Å²) in [6.07, 6.45) is 1.53. The lowest BCUT2D eigenvalue weighted by Crippen LogP contribution is -2.19. The lowest BCUT2D eigenvalue weighted by Gasteiger charge is -2.17. The van der Waals surface area contributed by atoms with Crippen molar-refractivity contribution in [2.24, 2.45) is 7.05 Å². The monoisotopic (exact) mass is 446 g/mol. The number of nitrogens with one attached hydrogen (secondary N) is 3. The highest BCUT2D eigenvalue weighted by atomic mass is 32.2. The number of pyridine rings is 1. The Balaban J connectivity index is 2.21. The summed E-state index contributed by atoms with van der Waals surface area (Å²) in [6.45, 7) is 3.25. The minimum atomic E-state index is -3.78. The maximum Gasteiger partial charge on any atom is 0.273 e. The van der Waals surface area contributed by atoms with Crippen LogP contribution in [0.1, 0.15) is 0 Å². The first-order valence-corrected chi connectivity index (χ1v) is 10.6. The van der Waals surface area contributed by atoms with Crippen molar-refractivity contribution in [1.29, 1.82) is 0 Å². The summed E-state index contributed by atoms with van der Waals surface area (Å²) < 4.78 is 55.8. The molecular weight excluding hydrogens is 426 g/mol. The van der Waals surface area contributed by atoms with Gasteiger partial charge in [-0.15, -0.1) is 0 Å². The first-order valence-electron chi connectivity index (χ1n) is 9.04. The Bertz CT molecular complexity index is 1300. The summed E-state index contributed by atoms with van der Waals surface area (Å²) in [4.78, 5) is 12.2. The minimum absolute atomic E-state index is 0.203. The predicted octanol–water partition coefficient (Wildman–Crippen LogP) is 4.00. The van der Waals surface area contributed by atoms with Crippen LogP contribution in [0.25, 0.3) is 11.1 Å². The second-order valence-corrected chi connectivity index (χ2v) is 8.23. The third-order valence-corrected chi connectivity index (χ3v) is 5.44. The Morgan fingerprint density at radius 1 is 1.06 bits per heavy atom. The normalized spacial score (nSPS) is 11.1. The predicted molar refractivity (Wildman–Crippen MR) is 119 cm³/mol. The molecule has 7 nitrogen and oxygen atoms in total. The Morgan fingerprint density at radius 2 is 1.74 bits per heavy atom. The fourth-order valence-corrected chi connectivity index (χ4v) is 3.49. The van der Waals surface area contributed by atoms with Crippen molar-refractivity contribution in [2.45, 2.75) is 0 Å². The van der Waals surface area contributed by atoms with Gasteiger partial charge in [-0.2, -0.15) is 0 Å². The molecule has 162 valence electrons. The SMILES string of the molecule is C=CS(=O)(=O)Nc1ccc(Nc2c(F)cccc2F)c(-c2cc(NC)c(=O)n(C)c2)c1. The molecule has 0 spiro atoms.